The number of aromatic nitrogens is 2. The number of rotatable bonds is 3. The number of halogens is 2. The molecule has 0 aromatic carbocycles. The van der Waals surface area contributed by atoms with Gasteiger partial charge in [0.2, 0.25) is 0 Å². The second-order valence-electron chi connectivity index (χ2n) is 6.21. The molecule has 1 unspecified atom stereocenters. The van der Waals surface area contributed by atoms with E-state index in [4.69, 9.17) is 4.99 Å². The van der Waals surface area contributed by atoms with Crippen LogP contribution in [0.25, 0.3) is 5.65 Å². The van der Waals surface area contributed by atoms with Gasteiger partial charge in [-0.2, -0.15) is 0 Å². The zero-order chi connectivity index (χ0) is 16.2. The van der Waals surface area contributed by atoms with Gasteiger partial charge >= 0.3 is 0 Å². The average molecular weight is 506 g/mol. The first-order valence-electron chi connectivity index (χ1n) is 8.32. The number of nitrogens with one attached hydrogen (secondary N) is 1. The molecule has 0 bridgehead atoms. The Morgan fingerprint density at radius 1 is 1.42 bits per heavy atom. The Morgan fingerprint density at radius 2 is 2.25 bits per heavy atom. The summed E-state index contributed by atoms with van der Waals surface area (Å²) in [5.41, 5.74) is 1.94. The summed E-state index contributed by atoms with van der Waals surface area (Å²) in [5.74, 6) is 1.75. The van der Waals surface area contributed by atoms with Gasteiger partial charge in [-0.15, -0.1) is 24.0 Å². The molecule has 0 radical (unpaired) electrons. The van der Waals surface area contributed by atoms with Gasteiger partial charge in [0.15, 0.2) is 5.96 Å². The van der Waals surface area contributed by atoms with E-state index in [1.54, 1.807) is 0 Å². The van der Waals surface area contributed by atoms with Crippen LogP contribution in [0.15, 0.2) is 34.0 Å². The lowest BCUT2D eigenvalue weighted by atomic mass is 10.0. The summed E-state index contributed by atoms with van der Waals surface area (Å²) >= 11 is 3.49. The maximum atomic E-state index is 4.80. The van der Waals surface area contributed by atoms with Crippen molar-refractivity contribution in [3.05, 3.63) is 34.7 Å². The van der Waals surface area contributed by atoms with E-state index in [9.17, 15) is 0 Å². The van der Waals surface area contributed by atoms with E-state index in [1.165, 1.54) is 12.8 Å². The molecule has 0 aliphatic carbocycles. The van der Waals surface area contributed by atoms with Crippen molar-refractivity contribution in [2.75, 3.05) is 19.6 Å². The number of imidazole rings is 1. The molecule has 0 amide bonds. The fourth-order valence-corrected chi connectivity index (χ4v) is 3.41. The molecule has 2 aromatic rings. The number of hydrogen-bond donors (Lipinski definition) is 1. The zero-order valence-electron chi connectivity index (χ0n) is 14.2. The van der Waals surface area contributed by atoms with E-state index in [2.05, 4.69) is 45.0 Å². The average Bonchev–Trinajstić information content (AvgIpc) is 2.93. The Bertz CT molecular complexity index is 699. The molecule has 24 heavy (non-hydrogen) atoms. The summed E-state index contributed by atoms with van der Waals surface area (Å²) in [6, 6.07) is 4.02. The van der Waals surface area contributed by atoms with Crippen molar-refractivity contribution in [2.45, 2.75) is 33.2 Å². The van der Waals surface area contributed by atoms with Crippen molar-refractivity contribution in [3.8, 4) is 0 Å². The van der Waals surface area contributed by atoms with Crippen LogP contribution in [0.1, 0.15) is 32.4 Å². The molecule has 1 fully saturated rings. The molecule has 1 aliphatic heterocycles. The molecule has 5 nitrogen and oxygen atoms in total. The van der Waals surface area contributed by atoms with Crippen LogP contribution in [0.4, 0.5) is 0 Å². The minimum atomic E-state index is 0. The molecule has 3 rings (SSSR count). The highest BCUT2D eigenvalue weighted by molar-refractivity contribution is 14.0. The van der Waals surface area contributed by atoms with Gasteiger partial charge in [-0.05, 0) is 53.7 Å². The third-order valence-corrected chi connectivity index (χ3v) is 4.62. The quantitative estimate of drug-likeness (QED) is 0.390. The topological polar surface area (TPSA) is 44.9 Å². The van der Waals surface area contributed by atoms with Crippen molar-refractivity contribution in [1.82, 2.24) is 19.6 Å². The van der Waals surface area contributed by atoms with E-state index in [1.807, 2.05) is 28.9 Å². The standard InChI is InChI=1S/C17H24BrN5.HI/c1-3-19-17(22-8-4-5-13(2)10-22)20-9-15-12-23-11-14(18)6-7-16(23)21-15;/h6-7,11-13H,3-5,8-10H2,1-2H3,(H,19,20);1H. The molecule has 1 atom stereocenters. The van der Waals surface area contributed by atoms with Gasteiger partial charge in [-0.1, -0.05) is 6.92 Å². The van der Waals surface area contributed by atoms with Gasteiger partial charge in [-0.25, -0.2) is 9.98 Å². The predicted molar refractivity (Wildman–Crippen MR) is 113 cm³/mol. The maximum Gasteiger partial charge on any atom is 0.194 e. The molecule has 0 saturated carbocycles. The van der Waals surface area contributed by atoms with E-state index in [0.29, 0.717) is 6.54 Å². The number of hydrogen-bond acceptors (Lipinski definition) is 2. The van der Waals surface area contributed by atoms with Crippen LogP contribution >= 0.6 is 39.9 Å². The van der Waals surface area contributed by atoms with Crippen molar-refractivity contribution in [3.63, 3.8) is 0 Å². The molecular weight excluding hydrogens is 481 g/mol. The first kappa shape index (κ1) is 19.5. The number of aliphatic imine (C=N–C) groups is 1. The number of nitrogens with zero attached hydrogens (tertiary/aromatic N) is 4. The summed E-state index contributed by atoms with van der Waals surface area (Å²) in [4.78, 5) is 11.8. The second kappa shape index (κ2) is 9.03. The first-order chi connectivity index (χ1) is 11.2. The van der Waals surface area contributed by atoms with E-state index in [0.717, 1.165) is 47.3 Å². The van der Waals surface area contributed by atoms with Crippen LogP contribution in [0.2, 0.25) is 0 Å². The number of likely N-dealkylation sites (tertiary alicyclic amines) is 1. The van der Waals surface area contributed by atoms with Crippen LogP contribution in [0, 0.1) is 5.92 Å². The Kier molecular flexibility index (Phi) is 7.34. The largest absolute Gasteiger partial charge is 0.357 e. The van der Waals surface area contributed by atoms with E-state index < -0.39 is 0 Å². The third-order valence-electron chi connectivity index (χ3n) is 4.15. The highest BCUT2D eigenvalue weighted by atomic mass is 127. The molecule has 3 heterocycles. The minimum absolute atomic E-state index is 0. The maximum absolute atomic E-state index is 4.80. The van der Waals surface area contributed by atoms with Crippen LogP contribution in [-0.2, 0) is 6.54 Å². The zero-order valence-corrected chi connectivity index (χ0v) is 18.1. The molecule has 7 heteroatoms. The molecule has 0 spiro atoms. The van der Waals surface area contributed by atoms with E-state index in [-0.39, 0.29) is 24.0 Å². The lowest BCUT2D eigenvalue weighted by Crippen LogP contribution is -2.46. The van der Waals surface area contributed by atoms with Crippen molar-refractivity contribution in [2.24, 2.45) is 10.9 Å². The number of piperidine rings is 1. The minimum Gasteiger partial charge on any atom is -0.357 e. The normalized spacial score (nSPS) is 18.5. The molecule has 1 saturated heterocycles. The number of guanidine groups is 1. The fourth-order valence-electron chi connectivity index (χ4n) is 3.06. The molecule has 132 valence electrons. The van der Waals surface area contributed by atoms with Crippen LogP contribution in [0.3, 0.4) is 0 Å². The third kappa shape index (κ3) is 4.84. The highest BCUT2D eigenvalue weighted by Gasteiger charge is 2.19. The summed E-state index contributed by atoms with van der Waals surface area (Å²) < 4.78 is 3.08. The van der Waals surface area contributed by atoms with Gasteiger partial charge in [0.1, 0.15) is 5.65 Å². The van der Waals surface area contributed by atoms with Crippen molar-refractivity contribution >= 4 is 51.5 Å². The van der Waals surface area contributed by atoms with Gasteiger partial charge in [0.05, 0.1) is 12.2 Å². The summed E-state index contributed by atoms with van der Waals surface area (Å²) in [6.07, 6.45) is 6.63. The first-order valence-corrected chi connectivity index (χ1v) is 9.11. The molecule has 1 aliphatic rings. The SMILES string of the molecule is CCNC(=NCc1cn2cc(Br)ccc2n1)N1CCCC(C)C1.I. The summed E-state index contributed by atoms with van der Waals surface area (Å²) in [5, 5.41) is 3.42. The fraction of sp³-hybridized carbons (Fsp3) is 0.529. The number of pyridine rings is 1. The Balaban J connectivity index is 0.00000208. The number of fused-ring (bicyclic) bond motifs is 1. The van der Waals surface area contributed by atoms with Gasteiger partial charge in [0, 0.05) is 36.5 Å². The van der Waals surface area contributed by atoms with Crippen LogP contribution in [0.5, 0.6) is 0 Å². The van der Waals surface area contributed by atoms with Gasteiger partial charge in [-0.3, -0.25) is 0 Å². The van der Waals surface area contributed by atoms with Gasteiger partial charge < -0.3 is 14.6 Å². The highest BCUT2D eigenvalue weighted by Crippen LogP contribution is 2.16. The van der Waals surface area contributed by atoms with Crippen molar-refractivity contribution < 1.29 is 0 Å². The Hall–Kier alpha value is -0.830. The molecule has 2 aromatic heterocycles. The molecule has 1 N–H and O–H groups in total. The monoisotopic (exact) mass is 505 g/mol. The molecular formula is C17H25BrIN5. The predicted octanol–water partition coefficient (Wildman–Crippen LogP) is 3.91. The summed E-state index contributed by atoms with van der Waals surface area (Å²) in [7, 11) is 0. The van der Waals surface area contributed by atoms with E-state index >= 15 is 0 Å². The Labute approximate surface area is 169 Å². The Morgan fingerprint density at radius 3 is 3.00 bits per heavy atom. The van der Waals surface area contributed by atoms with Crippen LogP contribution in [-0.4, -0.2) is 39.9 Å². The van der Waals surface area contributed by atoms with Gasteiger partial charge in [0.25, 0.3) is 0 Å². The van der Waals surface area contributed by atoms with Crippen molar-refractivity contribution in [1.29, 1.82) is 0 Å². The second-order valence-corrected chi connectivity index (χ2v) is 7.12. The lowest BCUT2D eigenvalue weighted by molar-refractivity contribution is 0.266. The smallest absolute Gasteiger partial charge is 0.194 e. The lowest BCUT2D eigenvalue weighted by Gasteiger charge is -2.33. The summed E-state index contributed by atoms with van der Waals surface area (Å²) in [6.45, 7) is 8.10. The van der Waals surface area contributed by atoms with Crippen LogP contribution < -0.4 is 5.32 Å².